The zero-order valence-electron chi connectivity index (χ0n) is 44.9. The van der Waals surface area contributed by atoms with Crippen molar-refractivity contribution in [3.05, 3.63) is 12.2 Å². The van der Waals surface area contributed by atoms with Gasteiger partial charge in [0.2, 0.25) is 5.91 Å². The number of rotatable bonds is 55. The summed E-state index contributed by atoms with van der Waals surface area (Å²) in [4.78, 5) is 26.3. The van der Waals surface area contributed by atoms with Gasteiger partial charge in [-0.3, -0.25) is 9.59 Å². The van der Waals surface area contributed by atoms with Gasteiger partial charge in [-0.1, -0.05) is 283 Å². The molecule has 6 heteroatoms. The third-order valence-corrected chi connectivity index (χ3v) is 14.1. The van der Waals surface area contributed by atoms with E-state index in [0.29, 0.717) is 19.3 Å². The molecule has 1 amide bonds. The van der Waals surface area contributed by atoms with E-state index < -0.39 is 18.2 Å². The fraction of sp³-hybridized carbons (Fsp3) is 0.933. The fourth-order valence-electron chi connectivity index (χ4n) is 9.55. The summed E-state index contributed by atoms with van der Waals surface area (Å²) in [5.74, 6) is -0.451. The Labute approximate surface area is 412 Å². The Kier molecular flexibility index (Phi) is 53.4. The molecule has 3 N–H and O–H groups in total. The molecule has 0 rings (SSSR count). The van der Waals surface area contributed by atoms with E-state index in [1.807, 2.05) is 0 Å². The van der Waals surface area contributed by atoms with Crippen LogP contribution in [0.4, 0.5) is 0 Å². The Hall–Kier alpha value is -1.40. The predicted octanol–water partition coefficient (Wildman–Crippen LogP) is 18.5. The highest BCUT2D eigenvalue weighted by Gasteiger charge is 2.24. The maximum atomic E-state index is 13.3. The summed E-state index contributed by atoms with van der Waals surface area (Å²) >= 11 is 0. The Morgan fingerprint density at radius 2 is 0.727 bits per heavy atom. The molecule has 0 aliphatic heterocycles. The van der Waals surface area contributed by atoms with E-state index in [4.69, 9.17) is 4.74 Å². The normalized spacial score (nSPS) is 13.1. The number of allylic oxidation sites excluding steroid dienone is 2. The molecule has 0 radical (unpaired) electrons. The van der Waals surface area contributed by atoms with Gasteiger partial charge in [-0.05, 0) is 51.4 Å². The first kappa shape index (κ1) is 64.6. The highest BCUT2D eigenvalue weighted by molar-refractivity contribution is 5.77. The molecule has 3 unspecified atom stereocenters. The van der Waals surface area contributed by atoms with Gasteiger partial charge in [-0.2, -0.15) is 0 Å². The van der Waals surface area contributed by atoms with E-state index in [0.717, 1.165) is 44.9 Å². The van der Waals surface area contributed by atoms with Crippen LogP contribution in [0.15, 0.2) is 12.2 Å². The van der Waals surface area contributed by atoms with Crippen LogP contribution in [-0.4, -0.2) is 46.9 Å². The summed E-state index contributed by atoms with van der Waals surface area (Å²) < 4.78 is 5.98. The van der Waals surface area contributed by atoms with Crippen LogP contribution in [-0.2, 0) is 14.3 Å². The molecular formula is C60H117NO5. The Bertz CT molecular complexity index is 1000. The number of aliphatic hydroxyl groups excluding tert-OH is 2. The summed E-state index contributed by atoms with van der Waals surface area (Å²) in [6.07, 6.45) is 62.8. The van der Waals surface area contributed by atoms with Gasteiger partial charge in [0, 0.05) is 6.42 Å². The molecule has 0 saturated carbocycles. The van der Waals surface area contributed by atoms with E-state index in [1.165, 1.54) is 244 Å². The van der Waals surface area contributed by atoms with Gasteiger partial charge in [0.25, 0.3) is 0 Å². The van der Waals surface area contributed by atoms with Crippen LogP contribution >= 0.6 is 0 Å². The molecule has 0 bridgehead atoms. The predicted molar refractivity (Wildman–Crippen MR) is 287 cm³/mol. The molecule has 66 heavy (non-hydrogen) atoms. The summed E-state index contributed by atoms with van der Waals surface area (Å²) in [7, 11) is 0. The Balaban J connectivity index is 4.48. The van der Waals surface area contributed by atoms with Crippen molar-refractivity contribution in [1.82, 2.24) is 5.32 Å². The second kappa shape index (κ2) is 54.5. The zero-order valence-corrected chi connectivity index (χ0v) is 44.9. The van der Waals surface area contributed by atoms with E-state index in [2.05, 4.69) is 38.2 Å². The summed E-state index contributed by atoms with van der Waals surface area (Å²) in [5.41, 5.74) is 0. The largest absolute Gasteiger partial charge is 0.462 e. The van der Waals surface area contributed by atoms with Gasteiger partial charge in [-0.15, -0.1) is 0 Å². The summed E-state index contributed by atoms with van der Waals surface area (Å²) in [6.45, 7) is 6.53. The number of esters is 1. The lowest BCUT2D eigenvalue weighted by molar-refractivity contribution is -0.151. The molecule has 0 aromatic heterocycles. The van der Waals surface area contributed by atoms with Crippen LogP contribution in [0, 0.1) is 0 Å². The maximum absolute atomic E-state index is 13.3. The minimum absolute atomic E-state index is 0.0851. The first-order valence-corrected chi connectivity index (χ1v) is 29.9. The average Bonchev–Trinajstić information content (AvgIpc) is 3.31. The van der Waals surface area contributed by atoms with Crippen molar-refractivity contribution in [3.63, 3.8) is 0 Å². The number of carbonyl (C=O) groups excluding carboxylic acids is 2. The Morgan fingerprint density at radius 1 is 0.424 bits per heavy atom. The van der Waals surface area contributed by atoms with E-state index in [-0.39, 0.29) is 24.9 Å². The van der Waals surface area contributed by atoms with Gasteiger partial charge < -0.3 is 20.3 Å². The first-order valence-electron chi connectivity index (χ1n) is 29.9. The lowest BCUT2D eigenvalue weighted by Gasteiger charge is -2.24. The number of hydrogen-bond donors (Lipinski definition) is 3. The molecule has 0 aliphatic carbocycles. The average molecular weight is 933 g/mol. The van der Waals surface area contributed by atoms with Crippen LogP contribution in [0.5, 0.6) is 0 Å². The van der Waals surface area contributed by atoms with Crippen molar-refractivity contribution < 1.29 is 24.5 Å². The number of ether oxygens (including phenoxy) is 1. The first-order chi connectivity index (χ1) is 32.5. The van der Waals surface area contributed by atoms with Crippen molar-refractivity contribution in [2.75, 3.05) is 6.61 Å². The molecule has 6 nitrogen and oxygen atoms in total. The monoisotopic (exact) mass is 932 g/mol. The summed E-state index contributed by atoms with van der Waals surface area (Å²) in [6, 6.07) is -0.696. The Morgan fingerprint density at radius 3 is 1.08 bits per heavy atom. The molecule has 0 saturated heterocycles. The maximum Gasteiger partial charge on any atom is 0.306 e. The van der Waals surface area contributed by atoms with Gasteiger partial charge in [-0.25, -0.2) is 0 Å². The summed E-state index contributed by atoms with van der Waals surface area (Å²) in [5, 5.41) is 23.9. The van der Waals surface area contributed by atoms with Crippen LogP contribution in [0.1, 0.15) is 335 Å². The molecular weight excluding hydrogens is 815 g/mol. The number of aliphatic hydroxyl groups is 2. The number of hydrogen-bond acceptors (Lipinski definition) is 5. The molecule has 392 valence electrons. The minimum atomic E-state index is -0.782. The number of unbranched alkanes of at least 4 members (excludes halogenated alkanes) is 41. The lowest BCUT2D eigenvalue weighted by atomic mass is 10.0. The van der Waals surface area contributed by atoms with Crippen LogP contribution in [0.25, 0.3) is 0 Å². The minimum Gasteiger partial charge on any atom is -0.462 e. The smallest absolute Gasteiger partial charge is 0.306 e. The van der Waals surface area contributed by atoms with Gasteiger partial charge in [0.1, 0.15) is 6.10 Å². The standard InChI is InChI=1S/C60H117NO5/c1-4-7-10-13-16-19-22-25-27-28-29-30-32-35-38-41-44-47-50-53-60(65)66-56(51-48-45-42-39-36-34-31-26-23-20-17-14-11-8-5-2)54-59(64)61-57(55-62)58(63)52-49-46-43-40-37-33-24-21-18-15-12-9-6-3/h25,27,56-58,62-63H,4-24,26,28-55H2,1-3H3,(H,61,64)/b27-25+. The quantitative estimate of drug-likeness (QED) is 0.0321. The molecule has 0 heterocycles. The van der Waals surface area contributed by atoms with Gasteiger partial charge in [0.05, 0.1) is 25.2 Å². The van der Waals surface area contributed by atoms with Crippen molar-refractivity contribution in [3.8, 4) is 0 Å². The van der Waals surface area contributed by atoms with Gasteiger partial charge in [0.15, 0.2) is 0 Å². The molecule has 0 aromatic carbocycles. The molecule has 0 spiro atoms. The third-order valence-electron chi connectivity index (χ3n) is 14.1. The fourth-order valence-corrected chi connectivity index (χ4v) is 9.55. The van der Waals surface area contributed by atoms with E-state index >= 15 is 0 Å². The lowest BCUT2D eigenvalue weighted by Crippen LogP contribution is -2.46. The number of nitrogens with one attached hydrogen (secondary N) is 1. The number of carbonyl (C=O) groups is 2. The highest BCUT2D eigenvalue weighted by Crippen LogP contribution is 2.19. The zero-order chi connectivity index (χ0) is 48.1. The molecule has 0 aliphatic rings. The van der Waals surface area contributed by atoms with E-state index in [1.54, 1.807) is 0 Å². The highest BCUT2D eigenvalue weighted by atomic mass is 16.5. The molecule has 3 atom stereocenters. The topological polar surface area (TPSA) is 95.9 Å². The second-order valence-electron chi connectivity index (χ2n) is 20.8. The van der Waals surface area contributed by atoms with Crippen molar-refractivity contribution in [1.29, 1.82) is 0 Å². The van der Waals surface area contributed by atoms with Crippen LogP contribution < -0.4 is 5.32 Å². The molecule has 0 aromatic rings. The SMILES string of the molecule is CCCCCCCC/C=C/CCCCCCCCCCCC(=O)OC(CCCCCCCCCCCCCCCCC)CC(=O)NC(CO)C(O)CCCCCCCCCCCCCCC. The van der Waals surface area contributed by atoms with Crippen molar-refractivity contribution in [2.45, 2.75) is 354 Å². The van der Waals surface area contributed by atoms with Crippen molar-refractivity contribution >= 4 is 11.9 Å². The van der Waals surface area contributed by atoms with Crippen molar-refractivity contribution in [2.24, 2.45) is 0 Å². The van der Waals surface area contributed by atoms with Gasteiger partial charge >= 0.3 is 5.97 Å². The third kappa shape index (κ3) is 49.0. The van der Waals surface area contributed by atoms with Crippen LogP contribution in [0.2, 0.25) is 0 Å². The van der Waals surface area contributed by atoms with Crippen LogP contribution in [0.3, 0.4) is 0 Å². The second-order valence-corrected chi connectivity index (χ2v) is 20.8. The molecule has 0 fully saturated rings. The van der Waals surface area contributed by atoms with E-state index in [9.17, 15) is 19.8 Å². The number of amides is 1.